The minimum Gasteiger partial charge on any atom is -0.445 e. The van der Waals surface area contributed by atoms with Crippen molar-refractivity contribution in [2.45, 2.75) is 82.9 Å². The SMILES string of the molecule is O=C(CC1CCCCC1)C1CC2CCC(C1)N2C(=O)OCc1ccccc1. The normalized spacial score (nSPS) is 28.1. The Labute approximate surface area is 162 Å². The summed E-state index contributed by atoms with van der Waals surface area (Å²) in [4.78, 5) is 27.4. The van der Waals surface area contributed by atoms with E-state index in [4.69, 9.17) is 4.74 Å². The number of ketones is 1. The number of nitrogens with zero attached hydrogens (tertiary/aromatic N) is 1. The van der Waals surface area contributed by atoms with E-state index in [1.807, 2.05) is 35.2 Å². The van der Waals surface area contributed by atoms with Gasteiger partial charge in [0.15, 0.2) is 0 Å². The molecule has 1 saturated carbocycles. The molecule has 1 aromatic carbocycles. The number of ether oxygens (including phenoxy) is 1. The van der Waals surface area contributed by atoms with Crippen LogP contribution in [0.3, 0.4) is 0 Å². The fraction of sp³-hybridized carbons (Fsp3) is 0.652. The molecule has 2 heterocycles. The van der Waals surface area contributed by atoms with Crippen LogP contribution in [0.4, 0.5) is 4.79 Å². The lowest BCUT2D eigenvalue weighted by molar-refractivity contribution is -0.126. The van der Waals surface area contributed by atoms with Crippen LogP contribution in [0, 0.1) is 11.8 Å². The maximum absolute atomic E-state index is 12.8. The van der Waals surface area contributed by atoms with Gasteiger partial charge in [-0.05, 0) is 37.2 Å². The standard InChI is InChI=1S/C23H31NO3/c25-22(13-17-7-3-1-4-8-17)19-14-20-11-12-21(15-19)24(20)23(26)27-16-18-9-5-2-6-10-18/h2,5-6,9-10,17,19-21H,1,3-4,7-8,11-16H2. The quantitative estimate of drug-likeness (QED) is 0.725. The van der Waals surface area contributed by atoms with Crippen LogP contribution in [-0.4, -0.2) is 28.9 Å². The highest BCUT2D eigenvalue weighted by molar-refractivity contribution is 5.82. The van der Waals surface area contributed by atoms with E-state index in [0.717, 1.165) is 37.7 Å². The molecule has 4 nitrogen and oxygen atoms in total. The number of Topliss-reactive ketones (excluding diaryl/α,β-unsaturated/α-hetero) is 1. The van der Waals surface area contributed by atoms with Crippen molar-refractivity contribution >= 4 is 11.9 Å². The first-order valence-corrected chi connectivity index (χ1v) is 10.7. The van der Waals surface area contributed by atoms with Gasteiger partial charge in [-0.3, -0.25) is 4.79 Å². The molecule has 2 aliphatic heterocycles. The number of carbonyl (C=O) groups is 2. The van der Waals surface area contributed by atoms with Crippen LogP contribution in [0.15, 0.2) is 30.3 Å². The van der Waals surface area contributed by atoms with E-state index < -0.39 is 0 Å². The van der Waals surface area contributed by atoms with Gasteiger partial charge in [0.05, 0.1) is 0 Å². The highest BCUT2D eigenvalue weighted by Crippen LogP contribution is 2.40. The minimum absolute atomic E-state index is 0.155. The Hall–Kier alpha value is -1.84. The lowest BCUT2D eigenvalue weighted by Gasteiger charge is -2.38. The van der Waals surface area contributed by atoms with Crippen molar-refractivity contribution in [2.75, 3.05) is 0 Å². The number of hydrogen-bond acceptors (Lipinski definition) is 3. The molecule has 0 N–H and O–H groups in total. The number of fused-ring (bicyclic) bond motifs is 2. The zero-order chi connectivity index (χ0) is 18.6. The lowest BCUT2D eigenvalue weighted by Crippen LogP contribution is -2.48. The van der Waals surface area contributed by atoms with Gasteiger partial charge in [0.2, 0.25) is 0 Å². The zero-order valence-electron chi connectivity index (χ0n) is 16.1. The van der Waals surface area contributed by atoms with E-state index in [9.17, 15) is 9.59 Å². The molecule has 146 valence electrons. The first-order valence-electron chi connectivity index (χ1n) is 10.7. The first-order chi connectivity index (χ1) is 13.2. The molecule has 27 heavy (non-hydrogen) atoms. The van der Waals surface area contributed by atoms with Crippen molar-refractivity contribution in [3.63, 3.8) is 0 Å². The second kappa shape index (κ2) is 8.45. The molecule has 0 spiro atoms. The van der Waals surface area contributed by atoms with E-state index in [2.05, 4.69) is 0 Å². The smallest absolute Gasteiger partial charge is 0.410 e. The van der Waals surface area contributed by atoms with Gasteiger partial charge in [0.25, 0.3) is 0 Å². The number of benzene rings is 1. The Balaban J connectivity index is 1.30. The van der Waals surface area contributed by atoms with E-state index >= 15 is 0 Å². The van der Waals surface area contributed by atoms with Crippen molar-refractivity contribution in [2.24, 2.45) is 11.8 Å². The molecule has 2 saturated heterocycles. The largest absolute Gasteiger partial charge is 0.445 e. The van der Waals surface area contributed by atoms with Crippen molar-refractivity contribution < 1.29 is 14.3 Å². The molecule has 1 amide bonds. The maximum atomic E-state index is 12.8. The van der Waals surface area contributed by atoms with Crippen molar-refractivity contribution in [1.29, 1.82) is 0 Å². The number of rotatable bonds is 5. The van der Waals surface area contributed by atoms with E-state index in [0.29, 0.717) is 18.3 Å². The third kappa shape index (κ3) is 4.36. The Morgan fingerprint density at radius 3 is 2.26 bits per heavy atom. The first kappa shape index (κ1) is 18.5. The van der Waals surface area contributed by atoms with Gasteiger partial charge < -0.3 is 9.64 Å². The molecular weight excluding hydrogens is 338 g/mol. The van der Waals surface area contributed by atoms with Gasteiger partial charge in [-0.1, -0.05) is 62.4 Å². The Morgan fingerprint density at radius 1 is 0.926 bits per heavy atom. The monoisotopic (exact) mass is 369 g/mol. The Morgan fingerprint density at radius 2 is 1.59 bits per heavy atom. The highest BCUT2D eigenvalue weighted by Gasteiger charge is 2.45. The second-order valence-corrected chi connectivity index (χ2v) is 8.68. The number of carbonyl (C=O) groups excluding carboxylic acids is 2. The average molecular weight is 370 g/mol. The topological polar surface area (TPSA) is 46.6 Å². The fourth-order valence-corrected chi connectivity index (χ4v) is 5.37. The van der Waals surface area contributed by atoms with Crippen LogP contribution in [0.2, 0.25) is 0 Å². The molecule has 4 heteroatoms. The number of hydrogen-bond donors (Lipinski definition) is 0. The maximum Gasteiger partial charge on any atom is 0.410 e. The van der Waals surface area contributed by atoms with Crippen LogP contribution in [0.1, 0.15) is 69.8 Å². The van der Waals surface area contributed by atoms with Gasteiger partial charge in [-0.25, -0.2) is 4.79 Å². The molecule has 3 fully saturated rings. The van der Waals surface area contributed by atoms with Crippen LogP contribution < -0.4 is 0 Å². The fourth-order valence-electron chi connectivity index (χ4n) is 5.37. The van der Waals surface area contributed by atoms with Crippen LogP contribution in [0.5, 0.6) is 0 Å². The van der Waals surface area contributed by atoms with Crippen LogP contribution >= 0.6 is 0 Å². The summed E-state index contributed by atoms with van der Waals surface area (Å²) in [6, 6.07) is 10.2. The predicted molar refractivity (Wildman–Crippen MR) is 104 cm³/mol. The summed E-state index contributed by atoms with van der Waals surface area (Å²) >= 11 is 0. The molecule has 2 atom stereocenters. The zero-order valence-corrected chi connectivity index (χ0v) is 16.1. The van der Waals surface area contributed by atoms with Gasteiger partial charge >= 0.3 is 6.09 Å². The van der Waals surface area contributed by atoms with Crippen LogP contribution in [0.25, 0.3) is 0 Å². The molecule has 2 unspecified atom stereocenters. The molecule has 2 bridgehead atoms. The van der Waals surface area contributed by atoms with E-state index in [1.54, 1.807) is 0 Å². The third-order valence-corrected chi connectivity index (χ3v) is 6.82. The lowest BCUT2D eigenvalue weighted by atomic mass is 9.80. The van der Waals surface area contributed by atoms with Crippen molar-refractivity contribution in [3.8, 4) is 0 Å². The minimum atomic E-state index is -0.204. The summed E-state index contributed by atoms with van der Waals surface area (Å²) in [5, 5.41) is 0. The third-order valence-electron chi connectivity index (χ3n) is 6.82. The molecule has 1 aliphatic carbocycles. The molecule has 4 rings (SSSR count). The number of piperidine rings is 1. The molecular formula is C23H31NO3. The van der Waals surface area contributed by atoms with E-state index in [1.165, 1.54) is 32.1 Å². The Bertz CT molecular complexity index is 639. The van der Waals surface area contributed by atoms with Gasteiger partial charge in [0, 0.05) is 24.4 Å². The predicted octanol–water partition coefficient (Wildman–Crippen LogP) is 5.11. The number of amides is 1. The van der Waals surface area contributed by atoms with Crippen molar-refractivity contribution in [1.82, 2.24) is 4.90 Å². The van der Waals surface area contributed by atoms with Gasteiger partial charge in [0.1, 0.15) is 12.4 Å². The summed E-state index contributed by atoms with van der Waals surface area (Å²) in [5.74, 6) is 1.22. The summed E-state index contributed by atoms with van der Waals surface area (Å²) in [6.07, 6.45) is 10.6. The summed E-state index contributed by atoms with van der Waals surface area (Å²) in [7, 11) is 0. The highest BCUT2D eigenvalue weighted by atomic mass is 16.6. The molecule has 1 aromatic rings. The summed E-state index contributed by atoms with van der Waals surface area (Å²) in [6.45, 7) is 0.319. The van der Waals surface area contributed by atoms with Crippen molar-refractivity contribution in [3.05, 3.63) is 35.9 Å². The summed E-state index contributed by atoms with van der Waals surface area (Å²) in [5.41, 5.74) is 1.01. The van der Waals surface area contributed by atoms with Gasteiger partial charge in [-0.2, -0.15) is 0 Å². The average Bonchev–Trinajstić information content (AvgIpc) is 2.97. The second-order valence-electron chi connectivity index (χ2n) is 8.68. The summed E-state index contributed by atoms with van der Waals surface area (Å²) < 4.78 is 5.57. The molecule has 0 radical (unpaired) electrons. The van der Waals surface area contributed by atoms with Gasteiger partial charge in [-0.15, -0.1) is 0 Å². The van der Waals surface area contributed by atoms with Crippen LogP contribution in [-0.2, 0) is 16.1 Å². The Kier molecular flexibility index (Phi) is 5.80. The van der Waals surface area contributed by atoms with E-state index in [-0.39, 0.29) is 24.1 Å². The molecule has 0 aromatic heterocycles. The molecule has 3 aliphatic rings.